The lowest BCUT2D eigenvalue weighted by Gasteiger charge is -2.28. The Bertz CT molecular complexity index is 679. The second-order valence-electron chi connectivity index (χ2n) is 6.35. The molecule has 6 nitrogen and oxygen atoms in total. The van der Waals surface area contributed by atoms with E-state index < -0.39 is 0 Å². The minimum atomic E-state index is -0.0925. The number of hydrogen-bond acceptors (Lipinski definition) is 4. The number of nitrogens with zero attached hydrogens (tertiary/aromatic N) is 3. The smallest absolute Gasteiger partial charge is 0.222 e. The monoisotopic (exact) mass is 328 g/mol. The van der Waals surface area contributed by atoms with E-state index in [-0.39, 0.29) is 18.1 Å². The van der Waals surface area contributed by atoms with E-state index >= 15 is 0 Å². The van der Waals surface area contributed by atoms with Gasteiger partial charge in [-0.15, -0.1) is 0 Å². The number of aryl methyl sites for hydroxylation is 2. The molecule has 24 heavy (non-hydrogen) atoms. The van der Waals surface area contributed by atoms with E-state index in [0.29, 0.717) is 19.4 Å². The first-order valence-electron chi connectivity index (χ1n) is 8.35. The van der Waals surface area contributed by atoms with E-state index in [2.05, 4.69) is 15.2 Å². The van der Waals surface area contributed by atoms with Crippen molar-refractivity contribution < 1.29 is 9.53 Å². The molecule has 3 heterocycles. The number of aromatic nitrogens is 3. The fraction of sp³-hybridized carbons (Fsp3) is 0.500. The summed E-state index contributed by atoms with van der Waals surface area (Å²) in [6.45, 7) is 4.63. The number of H-pyrrole nitrogens is 1. The van der Waals surface area contributed by atoms with Crippen LogP contribution in [0.25, 0.3) is 0 Å². The van der Waals surface area contributed by atoms with Crippen LogP contribution in [0.4, 0.5) is 0 Å². The highest BCUT2D eigenvalue weighted by molar-refractivity contribution is 5.76. The minimum Gasteiger partial charge on any atom is -0.371 e. The Labute approximate surface area is 142 Å². The number of aromatic amines is 1. The first-order valence-corrected chi connectivity index (χ1v) is 8.35. The normalized spacial score (nSPS) is 20.3. The van der Waals surface area contributed by atoms with E-state index in [1.54, 1.807) is 6.20 Å². The molecule has 1 saturated heterocycles. The van der Waals surface area contributed by atoms with E-state index in [0.717, 1.165) is 28.9 Å². The highest BCUT2D eigenvalue weighted by atomic mass is 16.5. The van der Waals surface area contributed by atoms with E-state index in [4.69, 9.17) is 4.74 Å². The topological polar surface area (TPSA) is 71.1 Å². The van der Waals surface area contributed by atoms with Crippen molar-refractivity contribution in [2.75, 3.05) is 13.7 Å². The molecule has 1 N–H and O–H groups in total. The zero-order valence-electron chi connectivity index (χ0n) is 14.5. The molecule has 1 aliphatic rings. The average Bonchev–Trinajstić information content (AvgIpc) is 3.20. The Hall–Kier alpha value is -2.21. The van der Waals surface area contributed by atoms with Crippen molar-refractivity contribution in [3.05, 3.63) is 47.0 Å². The first kappa shape index (κ1) is 16.6. The van der Waals surface area contributed by atoms with Crippen LogP contribution in [0.1, 0.15) is 41.5 Å². The van der Waals surface area contributed by atoms with Gasteiger partial charge in [0.2, 0.25) is 5.91 Å². The third-order valence-electron chi connectivity index (χ3n) is 4.83. The van der Waals surface area contributed by atoms with Gasteiger partial charge in [0.1, 0.15) is 6.10 Å². The number of pyridine rings is 1. The van der Waals surface area contributed by atoms with Gasteiger partial charge >= 0.3 is 0 Å². The molecule has 6 heteroatoms. The maximum absolute atomic E-state index is 12.6. The lowest BCUT2D eigenvalue weighted by Crippen LogP contribution is -2.39. The molecule has 1 amide bonds. The molecule has 0 radical (unpaired) electrons. The summed E-state index contributed by atoms with van der Waals surface area (Å²) >= 11 is 0. The molecule has 1 aliphatic heterocycles. The summed E-state index contributed by atoms with van der Waals surface area (Å²) in [7, 11) is 1.88. The van der Waals surface area contributed by atoms with Crippen LogP contribution >= 0.6 is 0 Å². The molecule has 0 aromatic carbocycles. The van der Waals surface area contributed by atoms with Gasteiger partial charge in [-0.25, -0.2) is 0 Å². The van der Waals surface area contributed by atoms with Crippen molar-refractivity contribution in [2.24, 2.45) is 0 Å². The number of amides is 1. The molecule has 3 rings (SSSR count). The molecule has 1 fully saturated rings. The zero-order chi connectivity index (χ0) is 17.1. The average molecular weight is 328 g/mol. The van der Waals surface area contributed by atoms with Crippen molar-refractivity contribution in [3.63, 3.8) is 0 Å². The van der Waals surface area contributed by atoms with Crippen LogP contribution in [0.5, 0.6) is 0 Å². The van der Waals surface area contributed by atoms with Crippen LogP contribution in [0.15, 0.2) is 24.5 Å². The number of likely N-dealkylation sites (N-methyl/N-ethyl adjacent to an activating group) is 1. The van der Waals surface area contributed by atoms with Crippen molar-refractivity contribution in [3.8, 4) is 0 Å². The first-order chi connectivity index (χ1) is 11.6. The second kappa shape index (κ2) is 7.13. The second-order valence-corrected chi connectivity index (χ2v) is 6.35. The largest absolute Gasteiger partial charge is 0.371 e. The van der Waals surface area contributed by atoms with Gasteiger partial charge in [0, 0.05) is 43.7 Å². The van der Waals surface area contributed by atoms with Gasteiger partial charge in [-0.1, -0.05) is 6.07 Å². The number of carbonyl (C=O) groups is 1. The lowest BCUT2D eigenvalue weighted by atomic mass is 10.0. The number of nitrogens with one attached hydrogen (secondary N) is 1. The highest BCUT2D eigenvalue weighted by Gasteiger charge is 2.34. The molecule has 2 aromatic heterocycles. The van der Waals surface area contributed by atoms with E-state index in [9.17, 15) is 4.79 Å². The molecule has 2 atom stereocenters. The van der Waals surface area contributed by atoms with Crippen molar-refractivity contribution >= 4 is 5.91 Å². The fourth-order valence-electron chi connectivity index (χ4n) is 3.37. The molecule has 2 aromatic rings. The molecular formula is C18H24N4O2. The van der Waals surface area contributed by atoms with Crippen LogP contribution in [-0.2, 0) is 16.0 Å². The molecule has 128 valence electrons. The molecule has 0 bridgehead atoms. The van der Waals surface area contributed by atoms with Crippen LogP contribution in [0, 0.1) is 13.8 Å². The SMILES string of the molecule is Cc1n[nH]c(C)c1CCC(=O)N(C)[C@H]1CCO[C@@H]1c1cccnc1. The third kappa shape index (κ3) is 3.33. The maximum atomic E-state index is 12.6. The van der Waals surface area contributed by atoms with E-state index in [1.165, 1.54) is 0 Å². The number of carbonyl (C=O) groups excluding carboxylic acids is 1. The predicted molar refractivity (Wildman–Crippen MR) is 90.5 cm³/mol. The summed E-state index contributed by atoms with van der Waals surface area (Å²) < 4.78 is 5.86. The third-order valence-corrected chi connectivity index (χ3v) is 4.83. The van der Waals surface area contributed by atoms with E-state index in [1.807, 2.05) is 44.1 Å². The van der Waals surface area contributed by atoms with Crippen LogP contribution in [0.3, 0.4) is 0 Å². The Morgan fingerprint density at radius 2 is 2.29 bits per heavy atom. The summed E-state index contributed by atoms with van der Waals surface area (Å²) in [5.41, 5.74) is 4.19. The van der Waals surface area contributed by atoms with Crippen molar-refractivity contribution in [1.82, 2.24) is 20.1 Å². The summed E-state index contributed by atoms with van der Waals surface area (Å²) in [5.74, 6) is 0.138. The predicted octanol–water partition coefficient (Wildman–Crippen LogP) is 2.34. The summed E-state index contributed by atoms with van der Waals surface area (Å²) in [6.07, 6.45) is 5.52. The maximum Gasteiger partial charge on any atom is 0.222 e. The molecular weight excluding hydrogens is 304 g/mol. The number of hydrogen-bond donors (Lipinski definition) is 1. The fourth-order valence-corrected chi connectivity index (χ4v) is 3.37. The molecule has 0 spiro atoms. The van der Waals surface area contributed by atoms with Crippen LogP contribution in [-0.4, -0.2) is 45.7 Å². The molecule has 0 aliphatic carbocycles. The summed E-state index contributed by atoms with van der Waals surface area (Å²) in [6, 6.07) is 3.97. The van der Waals surface area contributed by atoms with Gasteiger partial charge in [0.05, 0.1) is 11.7 Å². The Balaban J connectivity index is 1.64. The minimum absolute atomic E-state index is 0.0632. The number of ether oxygens (including phenoxy) is 1. The quantitative estimate of drug-likeness (QED) is 0.914. The molecule has 0 saturated carbocycles. The van der Waals surface area contributed by atoms with Gasteiger partial charge in [0.15, 0.2) is 0 Å². The van der Waals surface area contributed by atoms with Crippen LogP contribution in [0.2, 0.25) is 0 Å². The van der Waals surface area contributed by atoms with Crippen molar-refractivity contribution in [2.45, 2.75) is 45.3 Å². The zero-order valence-corrected chi connectivity index (χ0v) is 14.5. The van der Waals surface area contributed by atoms with Gasteiger partial charge < -0.3 is 9.64 Å². The Morgan fingerprint density at radius 1 is 1.46 bits per heavy atom. The standard InChI is InChI=1S/C18H24N4O2/c1-12-15(13(2)21-20-12)6-7-17(23)22(3)16-8-10-24-18(16)14-5-4-9-19-11-14/h4-5,9,11,16,18H,6-8,10H2,1-3H3,(H,20,21)/t16-,18+/m0/s1. The van der Waals surface area contributed by atoms with Crippen molar-refractivity contribution in [1.29, 1.82) is 0 Å². The Kier molecular flexibility index (Phi) is 4.94. The summed E-state index contributed by atoms with van der Waals surface area (Å²) in [4.78, 5) is 18.7. The lowest BCUT2D eigenvalue weighted by molar-refractivity contribution is -0.133. The van der Waals surface area contributed by atoms with Crippen LogP contribution < -0.4 is 0 Å². The van der Waals surface area contributed by atoms with Gasteiger partial charge in [-0.3, -0.25) is 14.9 Å². The van der Waals surface area contributed by atoms with Gasteiger partial charge in [0.25, 0.3) is 0 Å². The molecule has 0 unspecified atom stereocenters. The highest BCUT2D eigenvalue weighted by Crippen LogP contribution is 2.32. The summed E-state index contributed by atoms with van der Waals surface area (Å²) in [5, 5.41) is 7.16. The Morgan fingerprint density at radius 3 is 2.96 bits per heavy atom. The van der Waals surface area contributed by atoms with Gasteiger partial charge in [-0.2, -0.15) is 5.10 Å². The van der Waals surface area contributed by atoms with Gasteiger partial charge in [-0.05, 0) is 38.3 Å². The number of rotatable bonds is 5.